The van der Waals surface area contributed by atoms with E-state index >= 15 is 0 Å². The Hall–Kier alpha value is -4.61. The Bertz CT molecular complexity index is 1850. The van der Waals surface area contributed by atoms with Crippen molar-refractivity contribution in [3.8, 4) is 5.75 Å². The van der Waals surface area contributed by atoms with Crippen molar-refractivity contribution < 1.29 is 51.4 Å². The van der Waals surface area contributed by atoms with E-state index in [0.29, 0.717) is 36.3 Å². The summed E-state index contributed by atoms with van der Waals surface area (Å²) >= 11 is 0.963. The molecular formula is C29H39N9O11S2. The smallest absolute Gasteiger partial charge is 0.418 e. The average Bonchev–Trinajstić information content (AvgIpc) is 3.52. The van der Waals surface area contributed by atoms with Crippen molar-refractivity contribution >= 4 is 56.3 Å². The second-order valence-electron chi connectivity index (χ2n) is 12.8. The molecule has 1 saturated heterocycles. The first-order valence-electron chi connectivity index (χ1n) is 15.7. The number of hydroxylamine groups is 2. The van der Waals surface area contributed by atoms with Gasteiger partial charge in [0.05, 0.1) is 18.2 Å². The summed E-state index contributed by atoms with van der Waals surface area (Å²) in [7, 11) is -5.03. The van der Waals surface area contributed by atoms with Gasteiger partial charge >= 0.3 is 16.4 Å². The number of aliphatic hydroxyl groups excluding tert-OH is 1. The molecule has 278 valence electrons. The summed E-state index contributed by atoms with van der Waals surface area (Å²) in [6, 6.07) is 4.27. The molecule has 0 aliphatic carbocycles. The molecule has 3 aliphatic heterocycles. The predicted molar refractivity (Wildman–Crippen MR) is 181 cm³/mol. The van der Waals surface area contributed by atoms with E-state index in [4.69, 9.17) is 25.6 Å². The number of aromatic nitrogens is 1. The van der Waals surface area contributed by atoms with Crippen LogP contribution in [0.5, 0.6) is 5.75 Å². The van der Waals surface area contributed by atoms with E-state index in [1.54, 1.807) is 6.07 Å². The van der Waals surface area contributed by atoms with Gasteiger partial charge in [-0.3, -0.25) is 19.1 Å². The van der Waals surface area contributed by atoms with Crippen molar-refractivity contribution in [3.05, 3.63) is 40.4 Å². The van der Waals surface area contributed by atoms with Gasteiger partial charge in [-0.1, -0.05) is 17.3 Å². The third kappa shape index (κ3) is 8.15. The molecule has 5 atom stereocenters. The lowest BCUT2D eigenvalue weighted by molar-refractivity contribution is -0.218. The van der Waals surface area contributed by atoms with Gasteiger partial charge < -0.3 is 47.2 Å². The fourth-order valence-electron chi connectivity index (χ4n) is 5.63. The van der Waals surface area contributed by atoms with Gasteiger partial charge in [0.1, 0.15) is 17.5 Å². The van der Waals surface area contributed by atoms with E-state index in [-0.39, 0.29) is 36.3 Å². The van der Waals surface area contributed by atoms with Crippen LogP contribution in [-0.4, -0.2) is 118 Å². The van der Waals surface area contributed by atoms with Gasteiger partial charge in [-0.2, -0.15) is 13.5 Å². The number of oxime groups is 1. The Morgan fingerprint density at radius 3 is 2.69 bits per heavy atom. The van der Waals surface area contributed by atoms with Crippen LogP contribution in [0.2, 0.25) is 0 Å². The Labute approximate surface area is 296 Å². The molecule has 5 rings (SSSR count). The predicted octanol–water partition coefficient (Wildman–Crippen LogP) is -1.52. The molecule has 51 heavy (non-hydrogen) atoms. The third-order valence-corrected chi connectivity index (χ3v) is 9.74. The lowest BCUT2D eigenvalue weighted by Gasteiger charge is -2.50. The largest absolute Gasteiger partial charge is 0.485 e. The number of aliphatic imine (C=N–C) groups is 1. The summed E-state index contributed by atoms with van der Waals surface area (Å²) in [6.07, 6.45) is -1.08. The van der Waals surface area contributed by atoms with Crippen LogP contribution < -0.4 is 32.2 Å². The molecule has 2 amide bonds. The quantitative estimate of drug-likeness (QED) is 0.0498. The standard InChI is InChI=1S/C29H39N9O11S2/c1-28(2)22(24(41)38(28)49-51(44,45)46)36-23(40)21(18-13-50-26(31)35-18)37-48-29(3,25(42)43)20-7-5-15-8-14(4-6-19(15)47-20)16-10-32-27(33-11-16)34-12-17(39)9-30/h4,6,8,13,16-17,20,22,39H,5,7,9-12,30H2,1-3H3,(H2,31,35)(H,36,40)(H,42,43)(H2,32,33,34)(H,44,45,46)/b37-21+/t17-,20-,22-,29+/m1/s1. The van der Waals surface area contributed by atoms with Crippen LogP contribution in [0.25, 0.3) is 0 Å². The summed E-state index contributed by atoms with van der Waals surface area (Å²) in [6.45, 7) is 5.50. The normalized spacial score (nSPS) is 23.3. The number of carboxylic acids is 1. The minimum Gasteiger partial charge on any atom is -0.485 e. The number of hydrogen-bond acceptors (Lipinski definition) is 17. The molecule has 0 radical (unpaired) electrons. The Kier molecular flexibility index (Phi) is 10.7. The maximum absolute atomic E-state index is 13.5. The first-order valence-corrected chi connectivity index (χ1v) is 17.9. The third-order valence-electron chi connectivity index (χ3n) is 8.73. The number of rotatable bonds is 13. The number of guanidine groups is 1. The van der Waals surface area contributed by atoms with Gasteiger partial charge in [0.25, 0.3) is 17.4 Å². The molecular weight excluding hydrogens is 715 g/mol. The molecule has 1 aromatic heterocycles. The molecule has 20 nitrogen and oxygen atoms in total. The number of carbonyl (C=O) groups is 3. The number of nitrogen functional groups attached to an aromatic ring is 1. The van der Waals surface area contributed by atoms with Gasteiger partial charge in [-0.25, -0.2) is 9.78 Å². The Morgan fingerprint density at radius 1 is 1.35 bits per heavy atom. The fourth-order valence-corrected chi connectivity index (χ4v) is 6.63. The average molecular weight is 754 g/mol. The Morgan fingerprint density at radius 2 is 2.10 bits per heavy atom. The molecule has 0 spiro atoms. The van der Waals surface area contributed by atoms with Crippen molar-refractivity contribution in [1.29, 1.82) is 0 Å². The van der Waals surface area contributed by atoms with Gasteiger partial charge in [0, 0.05) is 30.9 Å². The number of nitrogens with two attached hydrogens (primary N) is 2. The molecule has 4 heterocycles. The minimum atomic E-state index is -5.03. The number of fused-ring (bicyclic) bond motifs is 1. The summed E-state index contributed by atoms with van der Waals surface area (Å²) in [5.41, 5.74) is 8.91. The van der Waals surface area contributed by atoms with E-state index < -0.39 is 63.3 Å². The zero-order chi connectivity index (χ0) is 37.3. The van der Waals surface area contributed by atoms with Crippen molar-refractivity contribution in [2.45, 2.75) is 68.9 Å². The number of carboxylic acid groups (broad SMARTS) is 1. The zero-order valence-corrected chi connectivity index (χ0v) is 29.4. The van der Waals surface area contributed by atoms with Gasteiger partial charge in [-0.15, -0.1) is 15.6 Å². The number of aliphatic carboxylic acids is 1. The zero-order valence-electron chi connectivity index (χ0n) is 27.7. The van der Waals surface area contributed by atoms with Gasteiger partial charge in [-0.05, 0) is 50.8 Å². The van der Waals surface area contributed by atoms with Crippen LogP contribution in [0.4, 0.5) is 5.13 Å². The monoisotopic (exact) mass is 753 g/mol. The highest BCUT2D eigenvalue weighted by atomic mass is 32.3. The van der Waals surface area contributed by atoms with E-state index in [1.807, 2.05) is 12.1 Å². The van der Waals surface area contributed by atoms with Gasteiger partial charge in [0.2, 0.25) is 0 Å². The second-order valence-corrected chi connectivity index (χ2v) is 14.7. The molecule has 1 fully saturated rings. The number of nitrogens with one attached hydrogen (secondary N) is 3. The number of aryl methyl sites for hydroxylation is 1. The first kappa shape index (κ1) is 37.6. The molecule has 0 bridgehead atoms. The number of thiazole rings is 1. The lowest BCUT2D eigenvalue weighted by Crippen LogP contribution is -2.76. The highest BCUT2D eigenvalue weighted by Gasteiger charge is 2.58. The number of β-lactam (4-membered cyclic amide) rings is 1. The summed E-state index contributed by atoms with van der Waals surface area (Å²) in [4.78, 5) is 52.9. The first-order chi connectivity index (χ1) is 23.9. The topological polar surface area (TPSA) is 303 Å². The van der Waals surface area contributed by atoms with Crippen LogP contribution >= 0.6 is 11.3 Å². The molecule has 0 saturated carbocycles. The maximum Gasteiger partial charge on any atom is 0.418 e. The molecule has 22 heteroatoms. The highest BCUT2D eigenvalue weighted by molar-refractivity contribution is 7.80. The molecule has 1 unspecified atom stereocenters. The minimum absolute atomic E-state index is 0.0566. The molecule has 1 aromatic carbocycles. The lowest BCUT2D eigenvalue weighted by atomic mass is 9.84. The maximum atomic E-state index is 13.5. The van der Waals surface area contributed by atoms with Crippen molar-refractivity contribution in [1.82, 2.24) is 26.0 Å². The summed E-state index contributed by atoms with van der Waals surface area (Å²) in [5.74, 6) is -2.36. The molecule has 2 aromatic rings. The van der Waals surface area contributed by atoms with Crippen LogP contribution in [0.1, 0.15) is 49.9 Å². The van der Waals surface area contributed by atoms with Crippen molar-refractivity contribution in [2.75, 3.05) is 31.9 Å². The number of nitrogens with zero attached hydrogens (tertiary/aromatic N) is 4. The van der Waals surface area contributed by atoms with Crippen LogP contribution in [0, 0.1) is 0 Å². The fraction of sp³-hybridized carbons (Fsp3) is 0.517. The number of benzene rings is 1. The Balaban J connectivity index is 1.30. The number of aliphatic hydroxyl groups is 1. The van der Waals surface area contributed by atoms with Crippen LogP contribution in [0.15, 0.2) is 33.7 Å². The van der Waals surface area contributed by atoms with E-state index in [1.165, 1.54) is 26.2 Å². The van der Waals surface area contributed by atoms with Crippen LogP contribution in [0.3, 0.4) is 0 Å². The van der Waals surface area contributed by atoms with E-state index in [0.717, 1.165) is 22.5 Å². The number of carbonyl (C=O) groups excluding carboxylic acids is 2. The SMILES string of the molecule is CC1(C)[C@H](NC(=O)/C(=N/O[C@](C)(C(=O)O)[C@H]2CCc3cc(C4CN=C(NC[C@H](O)CN)NC4)ccc3O2)c2csc(N)n2)C(=O)N1OS(=O)(=O)O. The molecule has 10 N–H and O–H groups in total. The van der Waals surface area contributed by atoms with E-state index in [2.05, 4.69) is 35.4 Å². The van der Waals surface area contributed by atoms with E-state index in [9.17, 15) is 33.0 Å². The van der Waals surface area contributed by atoms with Crippen LogP contribution in [-0.2, 0) is 40.3 Å². The second kappa shape index (κ2) is 14.6. The highest BCUT2D eigenvalue weighted by Crippen LogP contribution is 2.36. The number of ether oxygens (including phenoxy) is 1. The van der Waals surface area contributed by atoms with Gasteiger partial charge in [0.15, 0.2) is 22.9 Å². The number of hydrogen-bond donors (Lipinski definition) is 8. The summed E-state index contributed by atoms with van der Waals surface area (Å²) < 4.78 is 41.8. The van der Waals surface area contributed by atoms with Crippen molar-refractivity contribution in [2.24, 2.45) is 15.9 Å². The number of anilines is 1. The van der Waals surface area contributed by atoms with Crippen molar-refractivity contribution in [3.63, 3.8) is 0 Å². The number of amides is 2. The summed E-state index contributed by atoms with van der Waals surface area (Å²) in [5, 5.41) is 34.3. The molecule has 3 aliphatic rings.